The predicted molar refractivity (Wildman–Crippen MR) is 66.1 cm³/mol. The molecule has 0 atom stereocenters. The number of amides is 1. The first kappa shape index (κ1) is 11.9. The van der Waals surface area contributed by atoms with E-state index in [2.05, 4.69) is 19.2 Å². The van der Waals surface area contributed by atoms with Gasteiger partial charge in [-0.05, 0) is 37.5 Å². The van der Waals surface area contributed by atoms with Gasteiger partial charge < -0.3 is 5.32 Å². The van der Waals surface area contributed by atoms with E-state index in [4.69, 9.17) is 0 Å². The van der Waals surface area contributed by atoms with Crippen LogP contribution in [0.5, 0.6) is 0 Å². The summed E-state index contributed by atoms with van der Waals surface area (Å²) in [5.74, 6) is 2.29. The van der Waals surface area contributed by atoms with Crippen molar-refractivity contribution in [1.82, 2.24) is 5.32 Å². The van der Waals surface area contributed by atoms with Gasteiger partial charge in [-0.25, -0.2) is 0 Å². The molecule has 0 aromatic rings. The molecule has 0 aliphatic heterocycles. The fraction of sp³-hybridized carbons (Fsp3) is 0.929. The van der Waals surface area contributed by atoms with Crippen molar-refractivity contribution in [3.8, 4) is 0 Å². The summed E-state index contributed by atoms with van der Waals surface area (Å²) in [5.41, 5.74) is 0. The van der Waals surface area contributed by atoms with Gasteiger partial charge in [0.25, 0.3) is 0 Å². The van der Waals surface area contributed by atoms with Gasteiger partial charge in [0.05, 0.1) is 0 Å². The SMILES string of the molecule is CC(C)C1CC(NC(=O)C2CCCCC2)C1. The second-order valence-electron chi connectivity index (χ2n) is 6.02. The molecule has 0 aromatic heterocycles. The van der Waals surface area contributed by atoms with Crippen molar-refractivity contribution in [2.24, 2.45) is 17.8 Å². The largest absolute Gasteiger partial charge is 0.353 e. The summed E-state index contributed by atoms with van der Waals surface area (Å²) in [4.78, 5) is 12.0. The van der Waals surface area contributed by atoms with Crippen LogP contribution in [0.25, 0.3) is 0 Å². The molecule has 2 nitrogen and oxygen atoms in total. The number of hydrogen-bond acceptors (Lipinski definition) is 1. The minimum Gasteiger partial charge on any atom is -0.353 e. The van der Waals surface area contributed by atoms with E-state index in [0.29, 0.717) is 17.9 Å². The van der Waals surface area contributed by atoms with Gasteiger partial charge >= 0.3 is 0 Å². The standard InChI is InChI=1S/C14H25NO/c1-10(2)12-8-13(9-12)15-14(16)11-6-4-3-5-7-11/h10-13H,3-9H2,1-2H3,(H,15,16). The normalized spacial score (nSPS) is 31.2. The van der Waals surface area contributed by atoms with Crippen LogP contribution in [0.1, 0.15) is 58.8 Å². The Hall–Kier alpha value is -0.530. The molecule has 1 N–H and O–H groups in total. The van der Waals surface area contributed by atoms with Crippen LogP contribution in [-0.4, -0.2) is 11.9 Å². The number of rotatable bonds is 3. The van der Waals surface area contributed by atoms with E-state index in [1.54, 1.807) is 0 Å². The molecular weight excluding hydrogens is 198 g/mol. The summed E-state index contributed by atoms with van der Waals surface area (Å²) in [6, 6.07) is 0.488. The summed E-state index contributed by atoms with van der Waals surface area (Å²) in [5, 5.41) is 3.23. The third-order valence-corrected chi connectivity index (χ3v) is 4.44. The van der Waals surface area contributed by atoms with E-state index in [9.17, 15) is 4.79 Å². The lowest BCUT2D eigenvalue weighted by atomic mass is 9.73. The Balaban J connectivity index is 1.68. The highest BCUT2D eigenvalue weighted by Crippen LogP contribution is 2.34. The van der Waals surface area contributed by atoms with Crippen LogP contribution in [0.4, 0.5) is 0 Å². The first-order chi connectivity index (χ1) is 7.66. The van der Waals surface area contributed by atoms with E-state index in [0.717, 1.165) is 24.7 Å². The Morgan fingerprint density at radius 2 is 1.75 bits per heavy atom. The average molecular weight is 223 g/mol. The minimum absolute atomic E-state index is 0.326. The first-order valence-corrected chi connectivity index (χ1v) is 6.97. The van der Waals surface area contributed by atoms with Gasteiger partial charge in [0.1, 0.15) is 0 Å². The molecule has 2 rings (SSSR count). The summed E-state index contributed by atoms with van der Waals surface area (Å²) in [6.45, 7) is 4.56. The molecule has 2 aliphatic carbocycles. The monoisotopic (exact) mass is 223 g/mol. The molecule has 0 radical (unpaired) electrons. The van der Waals surface area contributed by atoms with Gasteiger partial charge in [0, 0.05) is 12.0 Å². The van der Waals surface area contributed by atoms with Crippen LogP contribution in [-0.2, 0) is 4.79 Å². The molecule has 0 aromatic carbocycles. The van der Waals surface area contributed by atoms with E-state index in [-0.39, 0.29) is 0 Å². The maximum Gasteiger partial charge on any atom is 0.223 e. The first-order valence-electron chi connectivity index (χ1n) is 6.97. The van der Waals surface area contributed by atoms with E-state index in [1.165, 1.54) is 32.1 Å². The van der Waals surface area contributed by atoms with Crippen molar-refractivity contribution in [2.75, 3.05) is 0 Å². The fourth-order valence-corrected chi connectivity index (χ4v) is 3.01. The minimum atomic E-state index is 0.326. The lowest BCUT2D eigenvalue weighted by molar-refractivity contribution is -0.127. The Morgan fingerprint density at radius 3 is 2.31 bits per heavy atom. The Kier molecular flexibility index (Phi) is 3.88. The van der Waals surface area contributed by atoms with Crippen LogP contribution < -0.4 is 5.32 Å². The van der Waals surface area contributed by atoms with Gasteiger partial charge in [-0.15, -0.1) is 0 Å². The van der Waals surface area contributed by atoms with Crippen molar-refractivity contribution in [3.63, 3.8) is 0 Å². The van der Waals surface area contributed by atoms with Crippen LogP contribution in [0.3, 0.4) is 0 Å². The van der Waals surface area contributed by atoms with E-state index < -0.39 is 0 Å². The zero-order valence-corrected chi connectivity index (χ0v) is 10.7. The number of nitrogens with one attached hydrogen (secondary N) is 1. The third-order valence-electron chi connectivity index (χ3n) is 4.44. The highest BCUT2D eigenvalue weighted by atomic mass is 16.1. The summed E-state index contributed by atoms with van der Waals surface area (Å²) < 4.78 is 0. The lowest BCUT2D eigenvalue weighted by Crippen LogP contribution is -2.47. The van der Waals surface area contributed by atoms with Crippen molar-refractivity contribution in [2.45, 2.75) is 64.8 Å². The zero-order valence-electron chi connectivity index (χ0n) is 10.7. The zero-order chi connectivity index (χ0) is 11.5. The second-order valence-corrected chi connectivity index (χ2v) is 6.02. The smallest absolute Gasteiger partial charge is 0.223 e. The van der Waals surface area contributed by atoms with Gasteiger partial charge in [-0.2, -0.15) is 0 Å². The maximum atomic E-state index is 12.0. The van der Waals surface area contributed by atoms with Crippen LogP contribution in [0, 0.1) is 17.8 Å². The molecule has 0 bridgehead atoms. The molecule has 0 saturated heterocycles. The molecule has 0 spiro atoms. The molecule has 2 heteroatoms. The van der Waals surface area contributed by atoms with Crippen molar-refractivity contribution < 1.29 is 4.79 Å². The molecule has 0 unspecified atom stereocenters. The second kappa shape index (κ2) is 5.20. The van der Waals surface area contributed by atoms with Crippen molar-refractivity contribution in [3.05, 3.63) is 0 Å². The molecule has 92 valence electrons. The summed E-state index contributed by atoms with van der Waals surface area (Å²) in [7, 11) is 0. The Morgan fingerprint density at radius 1 is 1.12 bits per heavy atom. The van der Waals surface area contributed by atoms with Crippen LogP contribution in [0.2, 0.25) is 0 Å². The fourth-order valence-electron chi connectivity index (χ4n) is 3.01. The average Bonchev–Trinajstić information content (AvgIpc) is 2.23. The number of carbonyl (C=O) groups is 1. The molecule has 16 heavy (non-hydrogen) atoms. The quantitative estimate of drug-likeness (QED) is 0.782. The van der Waals surface area contributed by atoms with Gasteiger partial charge in [0.15, 0.2) is 0 Å². The maximum absolute atomic E-state index is 12.0. The highest BCUT2D eigenvalue weighted by molar-refractivity contribution is 5.79. The predicted octanol–water partition coefficient (Wildman–Crippen LogP) is 3.12. The Labute approximate surface area is 99.2 Å². The number of carbonyl (C=O) groups excluding carboxylic acids is 1. The van der Waals surface area contributed by atoms with Crippen molar-refractivity contribution >= 4 is 5.91 Å². The van der Waals surface area contributed by atoms with Gasteiger partial charge in [-0.1, -0.05) is 33.1 Å². The Bertz CT molecular complexity index is 237. The van der Waals surface area contributed by atoms with Gasteiger partial charge in [0.2, 0.25) is 5.91 Å². The summed E-state index contributed by atoms with van der Waals surface area (Å²) >= 11 is 0. The molecule has 2 aliphatic rings. The molecular formula is C14H25NO. The molecule has 2 fully saturated rings. The highest BCUT2D eigenvalue weighted by Gasteiger charge is 2.33. The van der Waals surface area contributed by atoms with E-state index in [1.807, 2.05) is 0 Å². The topological polar surface area (TPSA) is 29.1 Å². The molecule has 2 saturated carbocycles. The lowest BCUT2D eigenvalue weighted by Gasteiger charge is -2.39. The van der Waals surface area contributed by atoms with E-state index >= 15 is 0 Å². The molecule has 0 heterocycles. The van der Waals surface area contributed by atoms with Crippen LogP contribution >= 0.6 is 0 Å². The number of hydrogen-bond donors (Lipinski definition) is 1. The molecule has 1 amide bonds. The van der Waals surface area contributed by atoms with Gasteiger partial charge in [-0.3, -0.25) is 4.79 Å². The van der Waals surface area contributed by atoms with Crippen molar-refractivity contribution in [1.29, 1.82) is 0 Å². The van der Waals surface area contributed by atoms with Crippen LogP contribution in [0.15, 0.2) is 0 Å². The third kappa shape index (κ3) is 2.78. The summed E-state index contributed by atoms with van der Waals surface area (Å²) in [6.07, 6.45) is 8.46.